The summed E-state index contributed by atoms with van der Waals surface area (Å²) in [6.07, 6.45) is 2.74. The van der Waals surface area contributed by atoms with Crippen molar-refractivity contribution in [2.45, 2.75) is 26.2 Å². The average Bonchev–Trinajstić information content (AvgIpc) is 2.45. The first-order valence-corrected chi connectivity index (χ1v) is 6.98. The molecule has 0 amide bonds. The van der Waals surface area contributed by atoms with Gasteiger partial charge in [0.25, 0.3) is 0 Å². The quantitative estimate of drug-likeness (QED) is 0.824. The molecular formula is C19H20O2. The highest BCUT2D eigenvalue weighted by Crippen LogP contribution is 2.26. The van der Waals surface area contributed by atoms with Crippen molar-refractivity contribution < 1.29 is 9.90 Å². The average molecular weight is 280 g/mol. The first kappa shape index (κ1) is 15.0. The lowest BCUT2D eigenvalue weighted by Gasteiger charge is -2.19. The van der Waals surface area contributed by atoms with Gasteiger partial charge in [-0.25, -0.2) is 4.79 Å². The van der Waals surface area contributed by atoms with Crippen LogP contribution in [0.2, 0.25) is 0 Å². The maximum Gasteiger partial charge on any atom is 0.328 e. The van der Waals surface area contributed by atoms with Gasteiger partial charge < -0.3 is 5.11 Å². The lowest BCUT2D eigenvalue weighted by Crippen LogP contribution is -2.10. The summed E-state index contributed by atoms with van der Waals surface area (Å²) in [7, 11) is 0. The van der Waals surface area contributed by atoms with Crippen LogP contribution in [0.25, 0.3) is 17.2 Å². The topological polar surface area (TPSA) is 37.3 Å². The molecule has 2 rings (SSSR count). The fraction of sp³-hybridized carbons (Fsp3) is 0.211. The number of aliphatic carboxylic acids is 1. The second-order valence-corrected chi connectivity index (χ2v) is 6.12. The first-order valence-electron chi connectivity index (χ1n) is 6.98. The second-order valence-electron chi connectivity index (χ2n) is 6.12. The summed E-state index contributed by atoms with van der Waals surface area (Å²) >= 11 is 0. The van der Waals surface area contributed by atoms with E-state index in [1.807, 2.05) is 24.3 Å². The Kier molecular flexibility index (Phi) is 4.27. The molecule has 0 aliphatic carbocycles. The van der Waals surface area contributed by atoms with E-state index in [1.165, 1.54) is 5.56 Å². The Morgan fingerprint density at radius 3 is 1.81 bits per heavy atom. The minimum absolute atomic E-state index is 0.157. The van der Waals surface area contributed by atoms with Gasteiger partial charge in [-0.15, -0.1) is 0 Å². The maximum absolute atomic E-state index is 10.5. The molecule has 0 aromatic heterocycles. The van der Waals surface area contributed by atoms with Crippen molar-refractivity contribution in [2.75, 3.05) is 0 Å². The van der Waals surface area contributed by atoms with E-state index in [0.717, 1.165) is 22.8 Å². The van der Waals surface area contributed by atoms with Crippen molar-refractivity contribution in [2.24, 2.45) is 0 Å². The Morgan fingerprint density at radius 1 is 0.905 bits per heavy atom. The van der Waals surface area contributed by atoms with Crippen molar-refractivity contribution in [3.05, 3.63) is 65.7 Å². The van der Waals surface area contributed by atoms with Crippen molar-refractivity contribution in [1.29, 1.82) is 0 Å². The summed E-state index contributed by atoms with van der Waals surface area (Å²) in [4.78, 5) is 10.5. The van der Waals surface area contributed by atoms with Gasteiger partial charge in [0, 0.05) is 6.08 Å². The number of rotatable bonds is 3. The van der Waals surface area contributed by atoms with Crippen LogP contribution in [0.3, 0.4) is 0 Å². The molecule has 2 aromatic rings. The molecule has 0 aliphatic rings. The lowest BCUT2D eigenvalue weighted by atomic mass is 9.86. The van der Waals surface area contributed by atoms with Crippen molar-refractivity contribution in [3.8, 4) is 11.1 Å². The van der Waals surface area contributed by atoms with Crippen LogP contribution < -0.4 is 0 Å². The highest BCUT2D eigenvalue weighted by Gasteiger charge is 2.12. The number of carbonyl (C=O) groups is 1. The highest BCUT2D eigenvalue weighted by atomic mass is 16.4. The number of hydrogen-bond donors (Lipinski definition) is 1. The monoisotopic (exact) mass is 280 g/mol. The molecule has 0 atom stereocenters. The summed E-state index contributed by atoms with van der Waals surface area (Å²) in [6, 6.07) is 16.4. The summed E-state index contributed by atoms with van der Waals surface area (Å²) in [6.45, 7) is 6.60. The van der Waals surface area contributed by atoms with E-state index in [4.69, 9.17) is 5.11 Å². The van der Waals surface area contributed by atoms with Gasteiger partial charge in [-0.3, -0.25) is 0 Å². The first-order chi connectivity index (χ1) is 9.86. The molecule has 0 aliphatic heterocycles. The molecule has 0 unspecified atom stereocenters. The zero-order valence-corrected chi connectivity index (χ0v) is 12.6. The number of benzene rings is 2. The lowest BCUT2D eigenvalue weighted by molar-refractivity contribution is -0.131. The van der Waals surface area contributed by atoms with Crippen LogP contribution in [0, 0.1) is 0 Å². The fourth-order valence-corrected chi connectivity index (χ4v) is 2.12. The molecule has 1 N–H and O–H groups in total. The molecule has 2 heteroatoms. The number of carboxylic acids is 1. The van der Waals surface area contributed by atoms with E-state index in [2.05, 4.69) is 45.0 Å². The summed E-state index contributed by atoms with van der Waals surface area (Å²) in [5, 5.41) is 8.61. The van der Waals surface area contributed by atoms with E-state index < -0.39 is 5.97 Å². The van der Waals surface area contributed by atoms with Crippen molar-refractivity contribution in [1.82, 2.24) is 0 Å². The normalized spacial score (nSPS) is 11.8. The molecular weight excluding hydrogens is 260 g/mol. The zero-order chi connectivity index (χ0) is 15.5. The summed E-state index contributed by atoms with van der Waals surface area (Å²) in [5.41, 5.74) is 4.64. The van der Waals surface area contributed by atoms with E-state index in [9.17, 15) is 4.79 Å². The molecule has 0 saturated carbocycles. The Morgan fingerprint density at radius 2 is 1.38 bits per heavy atom. The Bertz CT molecular complexity index is 641. The molecule has 0 bridgehead atoms. The highest BCUT2D eigenvalue weighted by molar-refractivity contribution is 5.85. The van der Waals surface area contributed by atoms with Crippen LogP contribution in [0.4, 0.5) is 0 Å². The van der Waals surface area contributed by atoms with Crippen LogP contribution in [-0.2, 0) is 10.2 Å². The minimum Gasteiger partial charge on any atom is -0.478 e. The molecule has 2 aromatic carbocycles. The minimum atomic E-state index is -0.933. The Hall–Kier alpha value is -2.35. The van der Waals surface area contributed by atoms with Crippen molar-refractivity contribution >= 4 is 12.0 Å². The van der Waals surface area contributed by atoms with Crippen LogP contribution in [0.5, 0.6) is 0 Å². The number of carboxylic acid groups (broad SMARTS) is 1. The van der Waals surface area contributed by atoms with E-state index in [0.29, 0.717) is 0 Å². The van der Waals surface area contributed by atoms with Gasteiger partial charge >= 0.3 is 5.97 Å². The fourth-order valence-electron chi connectivity index (χ4n) is 2.12. The largest absolute Gasteiger partial charge is 0.478 e. The van der Waals surface area contributed by atoms with E-state index in [-0.39, 0.29) is 5.41 Å². The third-order valence-corrected chi connectivity index (χ3v) is 3.41. The molecule has 108 valence electrons. The van der Waals surface area contributed by atoms with Crippen LogP contribution in [-0.4, -0.2) is 11.1 Å². The standard InChI is InChI=1S/C19H20O2/c1-19(2,3)17-11-9-16(10-12-17)15-7-4-14(5-8-15)6-13-18(20)21/h4-13H,1-3H3,(H,20,21). The summed E-state index contributed by atoms with van der Waals surface area (Å²) < 4.78 is 0. The van der Waals surface area contributed by atoms with Gasteiger partial charge in [0.2, 0.25) is 0 Å². The molecule has 0 heterocycles. The predicted molar refractivity (Wildman–Crippen MR) is 87.2 cm³/mol. The van der Waals surface area contributed by atoms with Gasteiger partial charge in [-0.2, -0.15) is 0 Å². The van der Waals surface area contributed by atoms with E-state index in [1.54, 1.807) is 6.08 Å². The van der Waals surface area contributed by atoms with Gasteiger partial charge in [-0.1, -0.05) is 69.3 Å². The van der Waals surface area contributed by atoms with Crippen molar-refractivity contribution in [3.63, 3.8) is 0 Å². The Labute approximate surface area is 125 Å². The van der Waals surface area contributed by atoms with E-state index >= 15 is 0 Å². The SMILES string of the molecule is CC(C)(C)c1ccc(-c2ccc(C=CC(=O)O)cc2)cc1. The van der Waals surface area contributed by atoms with Crippen LogP contribution >= 0.6 is 0 Å². The smallest absolute Gasteiger partial charge is 0.328 e. The molecule has 0 fully saturated rings. The van der Waals surface area contributed by atoms with Crippen LogP contribution in [0.1, 0.15) is 31.9 Å². The molecule has 2 nitrogen and oxygen atoms in total. The van der Waals surface area contributed by atoms with Gasteiger partial charge in [-0.05, 0) is 33.7 Å². The third-order valence-electron chi connectivity index (χ3n) is 3.41. The van der Waals surface area contributed by atoms with Gasteiger partial charge in [0.1, 0.15) is 0 Å². The molecule has 0 spiro atoms. The molecule has 21 heavy (non-hydrogen) atoms. The molecule has 0 radical (unpaired) electrons. The van der Waals surface area contributed by atoms with Gasteiger partial charge in [0.05, 0.1) is 0 Å². The second kappa shape index (κ2) is 5.96. The third kappa shape index (κ3) is 4.06. The van der Waals surface area contributed by atoms with Crippen LogP contribution in [0.15, 0.2) is 54.6 Å². The summed E-state index contributed by atoms with van der Waals surface area (Å²) in [5.74, 6) is -0.933. The van der Waals surface area contributed by atoms with Gasteiger partial charge in [0.15, 0.2) is 0 Å². The predicted octanol–water partition coefficient (Wildman–Crippen LogP) is 4.75. The zero-order valence-electron chi connectivity index (χ0n) is 12.6. The molecule has 0 saturated heterocycles. The maximum atomic E-state index is 10.5. The Balaban J connectivity index is 2.21. The number of hydrogen-bond acceptors (Lipinski definition) is 1.